The van der Waals surface area contributed by atoms with Crippen molar-refractivity contribution in [3.8, 4) is 10.4 Å². The molecule has 3 heterocycles. The number of hydrogen-bond donors (Lipinski definition) is 0. The van der Waals surface area contributed by atoms with Crippen molar-refractivity contribution in [1.82, 2.24) is 9.97 Å². The topological polar surface area (TPSA) is 38.2 Å². The monoisotopic (exact) mass is 361 g/mol. The molecular weight excluding hydrogens is 342 g/mol. The standard InChI is InChI=1S/C16H14ClN3OS.C2H6/c17-16-18-12-10-13(11-4-2-1-3-5-11)22-14(12)15(19-16)20-6-8-21-9-7-20;1-2/h1-5,10H,6-9H2;1-2H3. The Balaban J connectivity index is 0.000000815. The Morgan fingerprint density at radius 1 is 1.08 bits per heavy atom. The van der Waals surface area contributed by atoms with Gasteiger partial charge in [0.1, 0.15) is 0 Å². The molecule has 1 aromatic carbocycles. The molecule has 1 aliphatic rings. The van der Waals surface area contributed by atoms with E-state index in [-0.39, 0.29) is 0 Å². The molecule has 0 aliphatic carbocycles. The first-order chi connectivity index (χ1) is 11.8. The van der Waals surface area contributed by atoms with Crippen LogP contribution in [0.3, 0.4) is 0 Å². The van der Waals surface area contributed by atoms with E-state index in [1.807, 2.05) is 32.0 Å². The fourth-order valence-electron chi connectivity index (χ4n) is 2.62. The van der Waals surface area contributed by atoms with Crippen LogP contribution in [-0.2, 0) is 4.74 Å². The molecule has 0 atom stereocenters. The summed E-state index contributed by atoms with van der Waals surface area (Å²) in [6, 6.07) is 12.4. The van der Waals surface area contributed by atoms with Crippen LogP contribution in [0.1, 0.15) is 13.8 Å². The molecule has 0 amide bonds. The van der Waals surface area contributed by atoms with Gasteiger partial charge >= 0.3 is 0 Å². The van der Waals surface area contributed by atoms with Gasteiger partial charge in [0.2, 0.25) is 5.28 Å². The van der Waals surface area contributed by atoms with Crippen molar-refractivity contribution in [3.63, 3.8) is 0 Å². The van der Waals surface area contributed by atoms with Crippen LogP contribution in [0.4, 0.5) is 5.82 Å². The van der Waals surface area contributed by atoms with Gasteiger partial charge in [0, 0.05) is 18.0 Å². The average molecular weight is 362 g/mol. The number of aromatic nitrogens is 2. The molecule has 126 valence electrons. The lowest BCUT2D eigenvalue weighted by Gasteiger charge is -2.28. The van der Waals surface area contributed by atoms with Gasteiger partial charge in [0.05, 0.1) is 23.4 Å². The van der Waals surface area contributed by atoms with Gasteiger partial charge in [0.25, 0.3) is 0 Å². The highest BCUT2D eigenvalue weighted by atomic mass is 35.5. The summed E-state index contributed by atoms with van der Waals surface area (Å²) in [6.07, 6.45) is 0. The number of fused-ring (bicyclic) bond motifs is 1. The molecule has 0 N–H and O–H groups in total. The van der Waals surface area contributed by atoms with Crippen molar-refractivity contribution >= 4 is 39.0 Å². The van der Waals surface area contributed by atoms with Crippen molar-refractivity contribution in [2.24, 2.45) is 0 Å². The first kappa shape index (κ1) is 17.1. The Morgan fingerprint density at radius 2 is 1.79 bits per heavy atom. The highest BCUT2D eigenvalue weighted by Crippen LogP contribution is 2.37. The number of anilines is 1. The van der Waals surface area contributed by atoms with E-state index in [2.05, 4.69) is 33.1 Å². The van der Waals surface area contributed by atoms with E-state index in [9.17, 15) is 0 Å². The molecule has 4 nitrogen and oxygen atoms in total. The zero-order chi connectivity index (χ0) is 16.9. The summed E-state index contributed by atoms with van der Waals surface area (Å²) in [7, 11) is 0. The summed E-state index contributed by atoms with van der Waals surface area (Å²) in [5.74, 6) is 0.922. The van der Waals surface area contributed by atoms with Gasteiger partial charge < -0.3 is 9.64 Å². The van der Waals surface area contributed by atoms with E-state index in [4.69, 9.17) is 16.3 Å². The minimum atomic E-state index is 0.298. The number of ether oxygens (including phenoxy) is 1. The van der Waals surface area contributed by atoms with Gasteiger partial charge in [0.15, 0.2) is 5.82 Å². The van der Waals surface area contributed by atoms with Crippen molar-refractivity contribution in [1.29, 1.82) is 0 Å². The number of thiophene rings is 1. The second kappa shape index (κ2) is 7.92. The molecule has 1 saturated heterocycles. The molecular formula is C18H20ClN3OS. The van der Waals surface area contributed by atoms with Crippen molar-refractivity contribution in [2.45, 2.75) is 13.8 Å². The van der Waals surface area contributed by atoms with E-state index in [1.54, 1.807) is 11.3 Å². The molecule has 24 heavy (non-hydrogen) atoms. The van der Waals surface area contributed by atoms with Gasteiger partial charge in [-0.3, -0.25) is 0 Å². The first-order valence-electron chi connectivity index (χ1n) is 8.16. The van der Waals surface area contributed by atoms with E-state index in [0.29, 0.717) is 5.28 Å². The van der Waals surface area contributed by atoms with Gasteiger partial charge in [-0.25, -0.2) is 4.98 Å². The Morgan fingerprint density at radius 3 is 2.50 bits per heavy atom. The average Bonchev–Trinajstić information content (AvgIpc) is 3.08. The summed E-state index contributed by atoms with van der Waals surface area (Å²) < 4.78 is 6.51. The van der Waals surface area contributed by atoms with Crippen molar-refractivity contribution in [3.05, 3.63) is 41.7 Å². The molecule has 1 aliphatic heterocycles. The van der Waals surface area contributed by atoms with Crippen LogP contribution in [0.15, 0.2) is 36.4 Å². The number of halogens is 1. The zero-order valence-electron chi connectivity index (χ0n) is 13.8. The number of nitrogens with zero attached hydrogens (tertiary/aromatic N) is 3. The molecule has 0 bridgehead atoms. The Kier molecular flexibility index (Phi) is 5.66. The van der Waals surface area contributed by atoms with Gasteiger partial charge in [-0.2, -0.15) is 4.98 Å². The minimum absolute atomic E-state index is 0.298. The summed E-state index contributed by atoms with van der Waals surface area (Å²) in [5.41, 5.74) is 2.10. The second-order valence-electron chi connectivity index (χ2n) is 5.11. The summed E-state index contributed by atoms with van der Waals surface area (Å²) in [4.78, 5) is 12.3. The van der Waals surface area contributed by atoms with E-state index in [1.165, 1.54) is 10.4 Å². The molecule has 0 saturated carbocycles. The minimum Gasteiger partial charge on any atom is -0.378 e. The fraction of sp³-hybridized carbons (Fsp3) is 0.333. The molecule has 6 heteroatoms. The summed E-state index contributed by atoms with van der Waals surface area (Å²) in [6.45, 7) is 7.11. The highest BCUT2D eigenvalue weighted by Gasteiger charge is 2.19. The Labute approximate surface area is 151 Å². The lowest BCUT2D eigenvalue weighted by molar-refractivity contribution is 0.122. The SMILES string of the molecule is CC.Clc1nc(N2CCOCC2)c2sc(-c3ccccc3)cc2n1. The third-order valence-corrected chi connectivity index (χ3v) is 5.03. The second-order valence-corrected chi connectivity index (χ2v) is 6.50. The van der Waals surface area contributed by atoms with Crippen LogP contribution in [0.25, 0.3) is 20.7 Å². The summed E-state index contributed by atoms with van der Waals surface area (Å²) in [5, 5.41) is 0.298. The van der Waals surface area contributed by atoms with Gasteiger partial charge in [-0.1, -0.05) is 44.2 Å². The first-order valence-corrected chi connectivity index (χ1v) is 9.36. The maximum atomic E-state index is 6.12. The number of benzene rings is 1. The van der Waals surface area contributed by atoms with Crippen LogP contribution in [0.2, 0.25) is 5.28 Å². The predicted molar refractivity (Wildman–Crippen MR) is 102 cm³/mol. The van der Waals surface area contributed by atoms with Crippen LogP contribution in [-0.4, -0.2) is 36.3 Å². The molecule has 0 unspecified atom stereocenters. The largest absolute Gasteiger partial charge is 0.378 e. The van der Waals surface area contributed by atoms with Crippen molar-refractivity contribution < 1.29 is 4.74 Å². The van der Waals surface area contributed by atoms with Crippen LogP contribution >= 0.6 is 22.9 Å². The smallest absolute Gasteiger partial charge is 0.224 e. The lowest BCUT2D eigenvalue weighted by atomic mass is 10.2. The highest BCUT2D eigenvalue weighted by molar-refractivity contribution is 7.22. The zero-order valence-corrected chi connectivity index (χ0v) is 15.4. The van der Waals surface area contributed by atoms with E-state index < -0.39 is 0 Å². The quantitative estimate of drug-likeness (QED) is 0.610. The molecule has 1 fully saturated rings. The van der Waals surface area contributed by atoms with E-state index in [0.717, 1.165) is 42.3 Å². The lowest BCUT2D eigenvalue weighted by Crippen LogP contribution is -2.36. The maximum Gasteiger partial charge on any atom is 0.224 e. The predicted octanol–water partition coefficient (Wildman–Crippen LogP) is 4.87. The Bertz CT molecular complexity index is 801. The maximum absolute atomic E-state index is 6.12. The van der Waals surface area contributed by atoms with Crippen LogP contribution in [0.5, 0.6) is 0 Å². The van der Waals surface area contributed by atoms with Gasteiger partial charge in [-0.05, 0) is 23.2 Å². The molecule has 2 aromatic heterocycles. The number of rotatable bonds is 2. The van der Waals surface area contributed by atoms with Crippen LogP contribution in [0, 0.1) is 0 Å². The molecule has 3 aromatic rings. The normalized spacial score (nSPS) is 14.4. The van der Waals surface area contributed by atoms with Crippen LogP contribution < -0.4 is 4.90 Å². The van der Waals surface area contributed by atoms with Gasteiger partial charge in [-0.15, -0.1) is 11.3 Å². The fourth-order valence-corrected chi connectivity index (χ4v) is 3.91. The van der Waals surface area contributed by atoms with E-state index >= 15 is 0 Å². The summed E-state index contributed by atoms with van der Waals surface area (Å²) >= 11 is 7.84. The number of hydrogen-bond acceptors (Lipinski definition) is 5. The third kappa shape index (κ3) is 3.53. The number of morpholine rings is 1. The Hall–Kier alpha value is -1.69. The van der Waals surface area contributed by atoms with Crippen molar-refractivity contribution in [2.75, 3.05) is 31.2 Å². The molecule has 4 rings (SSSR count). The third-order valence-electron chi connectivity index (χ3n) is 3.70. The molecule has 0 radical (unpaired) electrons. The molecule has 0 spiro atoms.